The van der Waals surface area contributed by atoms with E-state index >= 15 is 0 Å². The van der Waals surface area contributed by atoms with Gasteiger partial charge in [-0.25, -0.2) is 4.79 Å². The van der Waals surface area contributed by atoms with Gasteiger partial charge in [-0.3, -0.25) is 4.79 Å². The van der Waals surface area contributed by atoms with Crippen LogP contribution >= 0.6 is 15.9 Å². The molecule has 1 amide bonds. The van der Waals surface area contributed by atoms with E-state index < -0.39 is 5.97 Å². The van der Waals surface area contributed by atoms with Crippen molar-refractivity contribution in [3.05, 3.63) is 34.3 Å². The Morgan fingerprint density at radius 2 is 2.20 bits per heavy atom. The Morgan fingerprint density at radius 1 is 1.45 bits per heavy atom. The minimum absolute atomic E-state index is 0.272. The average molecular weight is 339 g/mol. The highest BCUT2D eigenvalue weighted by molar-refractivity contribution is 9.10. The SMILES string of the molecule is NC(=O)C1CCCN1c1ccc(/C=C/C(=O)O)cc1Br. The monoisotopic (exact) mass is 338 g/mol. The average Bonchev–Trinajstić information content (AvgIpc) is 2.85. The minimum atomic E-state index is -0.987. The molecule has 0 saturated carbocycles. The lowest BCUT2D eigenvalue weighted by Gasteiger charge is -2.25. The van der Waals surface area contributed by atoms with E-state index in [-0.39, 0.29) is 11.9 Å². The molecular formula is C14H15BrN2O3. The van der Waals surface area contributed by atoms with Gasteiger partial charge in [0.25, 0.3) is 0 Å². The Morgan fingerprint density at radius 3 is 2.80 bits per heavy atom. The number of rotatable bonds is 4. The Balaban J connectivity index is 2.25. The second kappa shape index (κ2) is 6.09. The topological polar surface area (TPSA) is 83.6 Å². The van der Waals surface area contributed by atoms with Gasteiger partial charge in [0.15, 0.2) is 0 Å². The molecule has 6 heteroatoms. The van der Waals surface area contributed by atoms with Crippen molar-refractivity contribution in [3.8, 4) is 0 Å². The summed E-state index contributed by atoms with van der Waals surface area (Å²) in [6, 6.07) is 5.24. The second-order valence-corrected chi connectivity index (χ2v) is 5.49. The van der Waals surface area contributed by atoms with Gasteiger partial charge in [-0.1, -0.05) is 6.07 Å². The zero-order valence-electron chi connectivity index (χ0n) is 10.8. The minimum Gasteiger partial charge on any atom is -0.478 e. The summed E-state index contributed by atoms with van der Waals surface area (Å²) in [4.78, 5) is 23.9. The third-order valence-electron chi connectivity index (χ3n) is 3.28. The summed E-state index contributed by atoms with van der Waals surface area (Å²) in [7, 11) is 0. The Kier molecular flexibility index (Phi) is 4.44. The maximum atomic E-state index is 11.4. The first kappa shape index (κ1) is 14.6. The first-order valence-electron chi connectivity index (χ1n) is 6.25. The number of hydrogen-bond donors (Lipinski definition) is 2. The number of anilines is 1. The summed E-state index contributed by atoms with van der Waals surface area (Å²) < 4.78 is 0.818. The van der Waals surface area contributed by atoms with Crippen LogP contribution in [0, 0.1) is 0 Å². The summed E-state index contributed by atoms with van der Waals surface area (Å²) in [5, 5.41) is 8.61. The van der Waals surface area contributed by atoms with Crippen molar-refractivity contribution >= 4 is 39.6 Å². The predicted octanol–water partition coefficient (Wildman–Crippen LogP) is 2.00. The van der Waals surface area contributed by atoms with Gasteiger partial charge in [0.05, 0.1) is 5.69 Å². The Hall–Kier alpha value is -1.82. The van der Waals surface area contributed by atoms with Crippen LogP contribution in [-0.4, -0.2) is 29.6 Å². The maximum absolute atomic E-state index is 11.4. The number of primary amides is 1. The molecule has 1 heterocycles. The molecule has 0 bridgehead atoms. The molecule has 0 spiro atoms. The third-order valence-corrected chi connectivity index (χ3v) is 3.92. The fraction of sp³-hybridized carbons (Fsp3) is 0.286. The lowest BCUT2D eigenvalue weighted by atomic mass is 10.1. The standard InChI is InChI=1S/C14H15BrN2O3/c15-10-8-9(4-6-13(18)19)3-5-11(10)17-7-1-2-12(17)14(16)20/h3-6,8,12H,1-2,7H2,(H2,16,20)(H,18,19)/b6-4+. The molecule has 0 radical (unpaired) electrons. The van der Waals surface area contributed by atoms with Crippen LogP contribution in [0.2, 0.25) is 0 Å². The van der Waals surface area contributed by atoms with E-state index in [2.05, 4.69) is 15.9 Å². The van der Waals surface area contributed by atoms with Crippen LogP contribution in [0.25, 0.3) is 6.08 Å². The lowest BCUT2D eigenvalue weighted by molar-refractivity contribution is -0.131. The van der Waals surface area contributed by atoms with E-state index in [9.17, 15) is 9.59 Å². The lowest BCUT2D eigenvalue weighted by Crippen LogP contribution is -2.40. The van der Waals surface area contributed by atoms with E-state index in [0.717, 1.165) is 41.2 Å². The normalized spacial score (nSPS) is 18.6. The molecule has 1 aromatic rings. The highest BCUT2D eigenvalue weighted by Crippen LogP contribution is 2.33. The number of nitrogens with two attached hydrogens (primary N) is 1. The number of benzene rings is 1. The van der Waals surface area contributed by atoms with Crippen molar-refractivity contribution in [2.24, 2.45) is 5.73 Å². The van der Waals surface area contributed by atoms with Crippen molar-refractivity contribution < 1.29 is 14.7 Å². The van der Waals surface area contributed by atoms with Crippen LogP contribution in [0.5, 0.6) is 0 Å². The van der Waals surface area contributed by atoms with Gasteiger partial charge in [-0.15, -0.1) is 0 Å². The van der Waals surface area contributed by atoms with Crippen molar-refractivity contribution in [1.82, 2.24) is 0 Å². The molecule has 0 aliphatic carbocycles. The van der Waals surface area contributed by atoms with Crippen molar-refractivity contribution in [2.45, 2.75) is 18.9 Å². The quantitative estimate of drug-likeness (QED) is 0.822. The van der Waals surface area contributed by atoms with E-state index in [1.54, 1.807) is 0 Å². The van der Waals surface area contributed by atoms with E-state index in [0.29, 0.717) is 0 Å². The fourth-order valence-electron chi connectivity index (χ4n) is 2.38. The van der Waals surface area contributed by atoms with Crippen molar-refractivity contribution in [3.63, 3.8) is 0 Å². The summed E-state index contributed by atoms with van der Waals surface area (Å²) in [5.74, 6) is -1.30. The number of carbonyl (C=O) groups is 2. The van der Waals surface area contributed by atoms with Gasteiger partial charge in [0, 0.05) is 17.1 Å². The van der Waals surface area contributed by atoms with Gasteiger partial charge in [0.1, 0.15) is 6.04 Å². The fourth-order valence-corrected chi connectivity index (χ4v) is 3.00. The molecule has 1 saturated heterocycles. The van der Waals surface area contributed by atoms with Gasteiger partial charge in [-0.2, -0.15) is 0 Å². The van der Waals surface area contributed by atoms with E-state index in [1.165, 1.54) is 6.08 Å². The van der Waals surface area contributed by atoms with Crippen LogP contribution in [0.3, 0.4) is 0 Å². The molecule has 1 aliphatic rings. The highest BCUT2D eigenvalue weighted by Gasteiger charge is 2.30. The van der Waals surface area contributed by atoms with E-state index in [4.69, 9.17) is 10.8 Å². The van der Waals surface area contributed by atoms with Crippen LogP contribution in [0.1, 0.15) is 18.4 Å². The zero-order valence-corrected chi connectivity index (χ0v) is 12.3. The summed E-state index contributed by atoms with van der Waals surface area (Å²) in [5.41, 5.74) is 7.09. The molecule has 2 rings (SSSR count). The van der Waals surface area contributed by atoms with Crippen LogP contribution in [0.4, 0.5) is 5.69 Å². The molecule has 5 nitrogen and oxygen atoms in total. The van der Waals surface area contributed by atoms with E-state index in [1.807, 2.05) is 23.1 Å². The first-order chi connectivity index (χ1) is 9.49. The Bertz CT molecular complexity index is 572. The summed E-state index contributed by atoms with van der Waals surface area (Å²) in [6.07, 6.45) is 4.30. The molecule has 106 valence electrons. The number of carbonyl (C=O) groups excluding carboxylic acids is 1. The molecular weight excluding hydrogens is 324 g/mol. The van der Waals surface area contributed by atoms with Gasteiger partial charge in [0.2, 0.25) is 5.91 Å². The molecule has 1 atom stereocenters. The number of carboxylic acid groups (broad SMARTS) is 1. The molecule has 0 aromatic heterocycles. The number of carboxylic acids is 1. The van der Waals surface area contributed by atoms with Gasteiger partial charge < -0.3 is 15.7 Å². The molecule has 3 N–H and O–H groups in total. The number of hydrogen-bond acceptors (Lipinski definition) is 3. The van der Waals surface area contributed by atoms with Crippen LogP contribution in [0.15, 0.2) is 28.7 Å². The molecule has 1 aromatic carbocycles. The van der Waals surface area contributed by atoms with Crippen LogP contribution < -0.4 is 10.6 Å². The predicted molar refractivity (Wildman–Crippen MR) is 80.4 cm³/mol. The smallest absolute Gasteiger partial charge is 0.328 e. The summed E-state index contributed by atoms with van der Waals surface area (Å²) in [6.45, 7) is 0.788. The number of nitrogens with zero attached hydrogens (tertiary/aromatic N) is 1. The zero-order chi connectivity index (χ0) is 14.7. The second-order valence-electron chi connectivity index (χ2n) is 4.64. The van der Waals surface area contributed by atoms with Crippen LogP contribution in [-0.2, 0) is 9.59 Å². The van der Waals surface area contributed by atoms with Gasteiger partial charge in [-0.05, 0) is 52.5 Å². The number of halogens is 1. The van der Waals surface area contributed by atoms with Gasteiger partial charge >= 0.3 is 5.97 Å². The highest BCUT2D eigenvalue weighted by atomic mass is 79.9. The number of amides is 1. The summed E-state index contributed by atoms with van der Waals surface area (Å²) >= 11 is 3.47. The molecule has 1 aliphatic heterocycles. The van der Waals surface area contributed by atoms with Crippen molar-refractivity contribution in [1.29, 1.82) is 0 Å². The molecule has 1 unspecified atom stereocenters. The molecule has 20 heavy (non-hydrogen) atoms. The van der Waals surface area contributed by atoms with Crippen molar-refractivity contribution in [2.75, 3.05) is 11.4 Å². The number of aliphatic carboxylic acids is 1. The largest absolute Gasteiger partial charge is 0.478 e. The molecule has 1 fully saturated rings. The first-order valence-corrected chi connectivity index (χ1v) is 7.05. The Labute approximate surface area is 125 Å². The third kappa shape index (κ3) is 3.19. The maximum Gasteiger partial charge on any atom is 0.328 e.